The van der Waals surface area contributed by atoms with E-state index in [1.54, 1.807) is 23.1 Å². The normalized spacial score (nSPS) is 16.5. The fourth-order valence-corrected chi connectivity index (χ4v) is 4.93. The third-order valence-electron chi connectivity index (χ3n) is 5.99. The number of pyridine rings is 2. The number of fused-ring (bicyclic) bond motifs is 1. The molecule has 0 aromatic carbocycles. The Morgan fingerprint density at radius 1 is 1.17 bits per heavy atom. The second kappa shape index (κ2) is 9.39. The largest absolute Gasteiger partial charge is 0.488 e. The predicted molar refractivity (Wildman–Crippen MR) is 134 cm³/mol. The maximum atomic E-state index is 11.8. The van der Waals surface area contributed by atoms with Gasteiger partial charge in [-0.25, -0.2) is 18.4 Å². The number of methoxy groups -OCH3 is 1. The zero-order valence-electron chi connectivity index (χ0n) is 20.5. The summed E-state index contributed by atoms with van der Waals surface area (Å²) in [4.78, 5) is 11.4. The highest BCUT2D eigenvalue weighted by molar-refractivity contribution is 7.92. The zero-order valence-corrected chi connectivity index (χ0v) is 21.4. The van der Waals surface area contributed by atoms with E-state index in [4.69, 9.17) is 14.5 Å². The Morgan fingerprint density at radius 3 is 2.72 bits per heavy atom. The van der Waals surface area contributed by atoms with Gasteiger partial charge >= 0.3 is 0 Å². The third-order valence-corrected chi connectivity index (χ3v) is 6.58. The number of hydrogen-bond donors (Lipinski definition) is 1. The van der Waals surface area contributed by atoms with Gasteiger partial charge in [0.1, 0.15) is 17.5 Å². The molecule has 0 unspecified atom stereocenters. The Labute approximate surface area is 208 Å². The van der Waals surface area contributed by atoms with Crippen LogP contribution >= 0.6 is 0 Å². The van der Waals surface area contributed by atoms with Gasteiger partial charge in [0, 0.05) is 63.3 Å². The minimum Gasteiger partial charge on any atom is -0.488 e. The molecule has 1 N–H and O–H groups in total. The van der Waals surface area contributed by atoms with Crippen molar-refractivity contribution in [2.24, 2.45) is 14.1 Å². The molecule has 4 aromatic rings. The lowest BCUT2D eigenvalue weighted by molar-refractivity contribution is 0.200. The number of aryl methyl sites for hydroxylation is 2. The molecule has 36 heavy (non-hydrogen) atoms. The maximum Gasteiger partial charge on any atom is 0.238 e. The average molecular weight is 513 g/mol. The molecule has 0 radical (unpaired) electrons. The molecule has 0 saturated carbocycles. The first-order valence-corrected chi connectivity index (χ1v) is 13.3. The summed E-state index contributed by atoms with van der Waals surface area (Å²) in [6.45, 7) is 2.54. The summed E-state index contributed by atoms with van der Waals surface area (Å²) >= 11 is 0. The number of rotatable bonds is 8. The van der Waals surface area contributed by atoms with E-state index in [1.807, 2.05) is 37.2 Å². The molecule has 5 rings (SSSR count). The fourth-order valence-electron chi connectivity index (χ4n) is 4.39. The quantitative estimate of drug-likeness (QED) is 0.376. The van der Waals surface area contributed by atoms with Gasteiger partial charge in [-0.05, 0) is 12.5 Å². The number of sulfonamides is 1. The van der Waals surface area contributed by atoms with Crippen molar-refractivity contribution in [2.45, 2.75) is 19.1 Å². The zero-order chi connectivity index (χ0) is 25.4. The van der Waals surface area contributed by atoms with Crippen molar-refractivity contribution < 1.29 is 17.9 Å². The number of anilines is 1. The lowest BCUT2D eigenvalue weighted by Gasteiger charge is -2.17. The van der Waals surface area contributed by atoms with Crippen LogP contribution in [0.25, 0.3) is 22.3 Å². The Kier molecular flexibility index (Phi) is 6.26. The van der Waals surface area contributed by atoms with Crippen molar-refractivity contribution in [3.05, 3.63) is 42.5 Å². The monoisotopic (exact) mass is 512 g/mol. The Balaban J connectivity index is 1.43. The second-order valence-corrected chi connectivity index (χ2v) is 10.7. The molecule has 13 heteroatoms. The number of aromatic nitrogens is 6. The molecule has 190 valence electrons. The highest BCUT2D eigenvalue weighted by atomic mass is 32.2. The number of ether oxygens (including phenoxy) is 2. The van der Waals surface area contributed by atoms with Gasteiger partial charge in [-0.15, -0.1) is 0 Å². The van der Waals surface area contributed by atoms with Crippen LogP contribution in [0.5, 0.6) is 11.6 Å². The van der Waals surface area contributed by atoms with Gasteiger partial charge in [-0.1, -0.05) is 0 Å². The van der Waals surface area contributed by atoms with E-state index in [-0.39, 0.29) is 17.7 Å². The smallest absolute Gasteiger partial charge is 0.238 e. The first kappa shape index (κ1) is 24.0. The van der Waals surface area contributed by atoms with Crippen molar-refractivity contribution in [3.63, 3.8) is 0 Å². The standard InChI is InChI=1S/C23H28N8O4S/c1-29-12-15(9-25-29)13-31-6-5-17(14-31)35-21-8-19(27-22-18(21)11-26-30(22)2)16-7-20(28-36(4,32)33)23(34-3)24-10-16/h7-12,17,28H,5-6,13-14H2,1-4H3/t17-/m1/s1. The van der Waals surface area contributed by atoms with Crippen LogP contribution in [0.15, 0.2) is 36.9 Å². The molecular formula is C23H28N8O4S. The predicted octanol–water partition coefficient (Wildman–Crippen LogP) is 1.80. The Morgan fingerprint density at radius 2 is 2.00 bits per heavy atom. The maximum absolute atomic E-state index is 11.8. The van der Waals surface area contributed by atoms with Crippen LogP contribution in [0.2, 0.25) is 0 Å². The summed E-state index contributed by atoms with van der Waals surface area (Å²) in [5, 5.41) is 9.42. The highest BCUT2D eigenvalue weighted by Crippen LogP contribution is 2.34. The average Bonchev–Trinajstić information content (AvgIpc) is 3.54. The minimum absolute atomic E-state index is 0.0109. The first-order chi connectivity index (χ1) is 17.2. The summed E-state index contributed by atoms with van der Waals surface area (Å²) in [6, 6.07) is 3.49. The van der Waals surface area contributed by atoms with Gasteiger partial charge in [0.05, 0.1) is 36.8 Å². The number of hydrogen-bond acceptors (Lipinski definition) is 9. The van der Waals surface area contributed by atoms with Crippen LogP contribution in [-0.4, -0.2) is 75.4 Å². The van der Waals surface area contributed by atoms with E-state index in [2.05, 4.69) is 24.8 Å². The van der Waals surface area contributed by atoms with Gasteiger partial charge in [0.2, 0.25) is 15.9 Å². The Hall–Kier alpha value is -3.71. The van der Waals surface area contributed by atoms with Crippen molar-refractivity contribution in [3.8, 4) is 22.9 Å². The summed E-state index contributed by atoms with van der Waals surface area (Å²) in [6.07, 6.45) is 9.22. The highest BCUT2D eigenvalue weighted by Gasteiger charge is 2.26. The lowest BCUT2D eigenvalue weighted by Crippen LogP contribution is -2.24. The van der Waals surface area contributed by atoms with Crippen LogP contribution in [0, 0.1) is 0 Å². The van der Waals surface area contributed by atoms with E-state index in [1.165, 1.54) is 12.7 Å². The molecule has 0 spiro atoms. The van der Waals surface area contributed by atoms with Crippen LogP contribution in [-0.2, 0) is 30.7 Å². The second-order valence-electron chi connectivity index (χ2n) is 8.95. The molecule has 1 atom stereocenters. The van der Waals surface area contributed by atoms with Gasteiger partial charge in [-0.2, -0.15) is 10.2 Å². The van der Waals surface area contributed by atoms with Gasteiger partial charge in [0.15, 0.2) is 5.65 Å². The molecule has 1 aliphatic heterocycles. The van der Waals surface area contributed by atoms with Crippen molar-refractivity contribution in [1.29, 1.82) is 0 Å². The molecule has 1 saturated heterocycles. The summed E-state index contributed by atoms with van der Waals surface area (Å²) in [7, 11) is 1.63. The van der Waals surface area contributed by atoms with Gasteiger partial charge < -0.3 is 9.47 Å². The Bertz CT molecular complexity index is 1510. The van der Waals surface area contributed by atoms with E-state index in [9.17, 15) is 8.42 Å². The number of likely N-dealkylation sites (tertiary alicyclic amines) is 1. The van der Waals surface area contributed by atoms with E-state index < -0.39 is 10.0 Å². The molecule has 0 bridgehead atoms. The van der Waals surface area contributed by atoms with Crippen molar-refractivity contribution in [1.82, 2.24) is 34.4 Å². The topological polar surface area (TPSA) is 129 Å². The molecular weight excluding hydrogens is 484 g/mol. The van der Waals surface area contributed by atoms with E-state index >= 15 is 0 Å². The van der Waals surface area contributed by atoms with E-state index in [0.717, 1.165) is 37.7 Å². The molecule has 1 aliphatic rings. The van der Waals surface area contributed by atoms with Gasteiger partial charge in [-0.3, -0.25) is 19.0 Å². The number of nitrogens with zero attached hydrogens (tertiary/aromatic N) is 7. The van der Waals surface area contributed by atoms with Crippen molar-refractivity contribution >= 4 is 26.7 Å². The molecule has 1 fully saturated rings. The van der Waals surface area contributed by atoms with E-state index in [0.29, 0.717) is 22.7 Å². The molecule has 0 amide bonds. The molecule has 5 heterocycles. The summed E-state index contributed by atoms with van der Waals surface area (Å²) < 4.78 is 41.3. The van der Waals surface area contributed by atoms with Crippen LogP contribution < -0.4 is 14.2 Å². The summed E-state index contributed by atoms with van der Waals surface area (Å²) in [5.74, 6) is 0.840. The van der Waals surface area contributed by atoms with Crippen LogP contribution in [0.1, 0.15) is 12.0 Å². The van der Waals surface area contributed by atoms with Crippen LogP contribution in [0.4, 0.5) is 5.69 Å². The summed E-state index contributed by atoms with van der Waals surface area (Å²) in [5.41, 5.74) is 3.25. The SMILES string of the molecule is COc1ncc(-c2cc(O[C@@H]3CCN(Cc4cnn(C)c4)C3)c3cnn(C)c3n2)cc1NS(C)(=O)=O. The van der Waals surface area contributed by atoms with Crippen LogP contribution in [0.3, 0.4) is 0 Å². The first-order valence-electron chi connectivity index (χ1n) is 11.4. The lowest BCUT2D eigenvalue weighted by atomic mass is 10.1. The molecule has 4 aromatic heterocycles. The minimum atomic E-state index is -3.53. The third kappa shape index (κ3) is 5.11. The molecule has 0 aliphatic carbocycles. The number of nitrogens with one attached hydrogen (secondary N) is 1. The molecule has 12 nitrogen and oxygen atoms in total. The fraction of sp³-hybridized carbons (Fsp3) is 0.391. The van der Waals surface area contributed by atoms with Crippen molar-refractivity contribution in [2.75, 3.05) is 31.2 Å². The van der Waals surface area contributed by atoms with Gasteiger partial charge in [0.25, 0.3) is 0 Å².